The first-order chi connectivity index (χ1) is 11.2. The van der Waals surface area contributed by atoms with E-state index in [0.717, 1.165) is 44.3 Å². The van der Waals surface area contributed by atoms with E-state index in [2.05, 4.69) is 34.5 Å². The summed E-state index contributed by atoms with van der Waals surface area (Å²) in [4.78, 5) is 19.3. The summed E-state index contributed by atoms with van der Waals surface area (Å²) < 4.78 is 1.28. The first kappa shape index (κ1) is 15.1. The number of fused-ring (bicyclic) bond motifs is 1. The molecule has 1 saturated carbocycles. The largest absolute Gasteiger partial charge is 0.352 e. The Morgan fingerprint density at radius 1 is 1.26 bits per heavy atom. The lowest BCUT2D eigenvalue weighted by molar-refractivity contribution is -0.126. The molecular formula is C18H23N3OS. The molecule has 2 heterocycles. The van der Waals surface area contributed by atoms with Crippen molar-refractivity contribution >= 4 is 27.5 Å². The van der Waals surface area contributed by atoms with Gasteiger partial charge in [0.2, 0.25) is 5.91 Å². The molecule has 122 valence electrons. The van der Waals surface area contributed by atoms with E-state index < -0.39 is 0 Å². The van der Waals surface area contributed by atoms with Crippen molar-refractivity contribution < 1.29 is 4.79 Å². The molecule has 4 rings (SSSR count). The fraction of sp³-hybridized carbons (Fsp3) is 0.556. The SMILES string of the molecule is CC(C(=O)NC1CC1)N1CCC(c2nc3ccccc3s2)CC1. The minimum Gasteiger partial charge on any atom is -0.352 e. The first-order valence-corrected chi connectivity index (χ1v) is 9.42. The molecule has 1 N–H and O–H groups in total. The van der Waals surface area contributed by atoms with E-state index >= 15 is 0 Å². The Morgan fingerprint density at radius 2 is 2.00 bits per heavy atom. The predicted octanol–water partition coefficient (Wildman–Crippen LogP) is 3.14. The van der Waals surface area contributed by atoms with E-state index in [1.54, 1.807) is 0 Å². The van der Waals surface area contributed by atoms with Gasteiger partial charge in [0.05, 0.1) is 21.3 Å². The van der Waals surface area contributed by atoms with Gasteiger partial charge < -0.3 is 5.32 Å². The number of carbonyl (C=O) groups is 1. The second-order valence-electron chi connectivity index (χ2n) is 6.79. The highest BCUT2D eigenvalue weighted by Crippen LogP contribution is 2.34. The molecule has 0 spiro atoms. The molecule has 1 aromatic carbocycles. The molecule has 1 unspecified atom stereocenters. The van der Waals surface area contributed by atoms with E-state index in [9.17, 15) is 4.79 Å². The molecule has 2 aliphatic rings. The van der Waals surface area contributed by atoms with E-state index in [4.69, 9.17) is 4.98 Å². The minimum atomic E-state index is -0.00748. The van der Waals surface area contributed by atoms with Crippen molar-refractivity contribution in [3.05, 3.63) is 29.3 Å². The molecule has 2 fully saturated rings. The average Bonchev–Trinajstić information content (AvgIpc) is 3.29. The Balaban J connectivity index is 1.37. The number of nitrogens with one attached hydrogen (secondary N) is 1. The normalized spacial score (nSPS) is 21.4. The number of benzene rings is 1. The smallest absolute Gasteiger partial charge is 0.237 e. The van der Waals surface area contributed by atoms with Crippen LogP contribution in [-0.2, 0) is 4.79 Å². The van der Waals surface area contributed by atoms with E-state index in [-0.39, 0.29) is 11.9 Å². The van der Waals surface area contributed by atoms with Gasteiger partial charge in [0.1, 0.15) is 0 Å². The van der Waals surface area contributed by atoms with E-state index in [0.29, 0.717) is 12.0 Å². The molecule has 0 radical (unpaired) electrons. The van der Waals surface area contributed by atoms with Crippen molar-refractivity contribution in [2.24, 2.45) is 0 Å². The van der Waals surface area contributed by atoms with Crippen molar-refractivity contribution in [3.63, 3.8) is 0 Å². The number of thiazole rings is 1. The fourth-order valence-corrected chi connectivity index (χ4v) is 4.45. The Labute approximate surface area is 140 Å². The van der Waals surface area contributed by atoms with Crippen LogP contribution in [0.4, 0.5) is 0 Å². The maximum Gasteiger partial charge on any atom is 0.237 e. The van der Waals surface area contributed by atoms with Crippen LogP contribution in [0.5, 0.6) is 0 Å². The lowest BCUT2D eigenvalue weighted by Gasteiger charge is -2.34. The van der Waals surface area contributed by atoms with E-state index in [1.807, 2.05) is 18.3 Å². The standard InChI is InChI=1S/C18H23N3OS/c1-12(17(22)19-14-6-7-14)21-10-8-13(9-11-21)18-20-15-4-2-3-5-16(15)23-18/h2-5,12-14H,6-11H2,1H3,(H,19,22). The van der Waals surface area contributed by atoms with Gasteiger partial charge in [-0.15, -0.1) is 11.3 Å². The zero-order valence-corrected chi connectivity index (χ0v) is 14.3. The summed E-state index contributed by atoms with van der Waals surface area (Å²) in [5.41, 5.74) is 1.12. The number of amides is 1. The third-order valence-corrected chi connectivity index (χ3v) is 6.24. The summed E-state index contributed by atoms with van der Waals surface area (Å²) >= 11 is 1.83. The van der Waals surface area contributed by atoms with Crippen LogP contribution in [0.3, 0.4) is 0 Å². The molecule has 4 nitrogen and oxygen atoms in total. The van der Waals surface area contributed by atoms with Gasteiger partial charge >= 0.3 is 0 Å². The van der Waals surface area contributed by atoms with Crippen molar-refractivity contribution in [1.82, 2.24) is 15.2 Å². The van der Waals surface area contributed by atoms with Crippen LogP contribution in [0, 0.1) is 0 Å². The van der Waals surface area contributed by atoms with Gasteiger partial charge in [-0.25, -0.2) is 4.98 Å². The summed E-state index contributed by atoms with van der Waals surface area (Å²) in [5.74, 6) is 0.744. The number of aromatic nitrogens is 1. The maximum atomic E-state index is 12.2. The second-order valence-corrected chi connectivity index (χ2v) is 7.85. The Hall–Kier alpha value is -1.46. The highest BCUT2D eigenvalue weighted by atomic mass is 32.1. The topological polar surface area (TPSA) is 45.2 Å². The second kappa shape index (κ2) is 6.21. The number of hydrogen-bond acceptors (Lipinski definition) is 4. The minimum absolute atomic E-state index is 0.00748. The summed E-state index contributed by atoms with van der Waals surface area (Å²) in [6.07, 6.45) is 4.50. The van der Waals surface area contributed by atoms with Gasteiger partial charge in [-0.05, 0) is 57.8 Å². The number of carbonyl (C=O) groups excluding carboxylic acids is 1. The first-order valence-electron chi connectivity index (χ1n) is 8.60. The molecule has 0 bridgehead atoms. The highest BCUT2D eigenvalue weighted by molar-refractivity contribution is 7.18. The third kappa shape index (κ3) is 3.26. The molecule has 1 aliphatic carbocycles. The lowest BCUT2D eigenvalue weighted by atomic mass is 9.96. The lowest BCUT2D eigenvalue weighted by Crippen LogP contribution is -2.48. The molecule has 2 aromatic rings. The fourth-order valence-electron chi connectivity index (χ4n) is 3.31. The molecular weight excluding hydrogens is 306 g/mol. The molecule has 1 aromatic heterocycles. The van der Waals surface area contributed by atoms with Crippen LogP contribution in [0.1, 0.15) is 43.5 Å². The molecule has 1 amide bonds. The van der Waals surface area contributed by atoms with Crippen LogP contribution in [0.2, 0.25) is 0 Å². The predicted molar refractivity (Wildman–Crippen MR) is 93.8 cm³/mol. The van der Waals surface area contributed by atoms with Crippen LogP contribution in [0.15, 0.2) is 24.3 Å². The average molecular weight is 329 g/mol. The molecule has 1 saturated heterocycles. The number of nitrogens with zero attached hydrogens (tertiary/aromatic N) is 2. The Kier molecular flexibility index (Phi) is 4.07. The number of hydrogen-bond donors (Lipinski definition) is 1. The summed E-state index contributed by atoms with van der Waals surface area (Å²) in [6.45, 7) is 4.01. The number of likely N-dealkylation sites (tertiary alicyclic amines) is 1. The number of piperidine rings is 1. The van der Waals surface area contributed by atoms with Gasteiger partial charge in [0.15, 0.2) is 0 Å². The summed E-state index contributed by atoms with van der Waals surface area (Å²) in [7, 11) is 0. The number of para-hydroxylation sites is 1. The van der Waals surface area contributed by atoms with Crippen molar-refractivity contribution in [3.8, 4) is 0 Å². The van der Waals surface area contributed by atoms with Gasteiger partial charge in [0.25, 0.3) is 0 Å². The van der Waals surface area contributed by atoms with Crippen LogP contribution in [0.25, 0.3) is 10.2 Å². The molecule has 23 heavy (non-hydrogen) atoms. The van der Waals surface area contributed by atoms with E-state index in [1.165, 1.54) is 9.71 Å². The summed E-state index contributed by atoms with van der Waals surface area (Å²) in [6, 6.07) is 8.81. The monoisotopic (exact) mass is 329 g/mol. The van der Waals surface area contributed by atoms with Crippen LogP contribution >= 0.6 is 11.3 Å². The number of rotatable bonds is 4. The van der Waals surface area contributed by atoms with Gasteiger partial charge in [-0.2, -0.15) is 0 Å². The highest BCUT2D eigenvalue weighted by Gasteiger charge is 2.31. The van der Waals surface area contributed by atoms with Gasteiger partial charge in [-0.3, -0.25) is 9.69 Å². The molecule has 1 aliphatic heterocycles. The maximum absolute atomic E-state index is 12.2. The Bertz CT molecular complexity index is 668. The molecule has 5 heteroatoms. The summed E-state index contributed by atoms with van der Waals surface area (Å²) in [5, 5.41) is 4.39. The zero-order valence-electron chi connectivity index (χ0n) is 13.5. The molecule has 1 atom stereocenters. The quantitative estimate of drug-likeness (QED) is 0.937. The Morgan fingerprint density at radius 3 is 2.70 bits per heavy atom. The van der Waals surface area contributed by atoms with Crippen LogP contribution < -0.4 is 5.32 Å². The van der Waals surface area contributed by atoms with Crippen molar-refractivity contribution in [1.29, 1.82) is 0 Å². The van der Waals surface area contributed by atoms with Crippen molar-refractivity contribution in [2.45, 2.75) is 50.6 Å². The van der Waals surface area contributed by atoms with Crippen molar-refractivity contribution in [2.75, 3.05) is 13.1 Å². The third-order valence-electron chi connectivity index (χ3n) is 5.04. The van der Waals surface area contributed by atoms with Crippen LogP contribution in [-0.4, -0.2) is 41.0 Å². The van der Waals surface area contributed by atoms with Gasteiger partial charge in [0, 0.05) is 12.0 Å². The van der Waals surface area contributed by atoms with Gasteiger partial charge in [-0.1, -0.05) is 12.1 Å². The zero-order chi connectivity index (χ0) is 15.8.